The molecular formula is C13H13BrFN3O. The predicted molar refractivity (Wildman–Crippen MR) is 75.3 cm³/mol. The van der Waals surface area contributed by atoms with E-state index in [9.17, 15) is 9.50 Å². The molecule has 100 valence electrons. The van der Waals surface area contributed by atoms with E-state index >= 15 is 0 Å². The van der Waals surface area contributed by atoms with Gasteiger partial charge in [-0.2, -0.15) is 0 Å². The second-order valence-corrected chi connectivity index (χ2v) is 5.25. The minimum atomic E-state index is -0.714. The lowest BCUT2D eigenvalue weighted by atomic mass is 10.1. The quantitative estimate of drug-likeness (QED) is 0.886. The number of anilines is 1. The van der Waals surface area contributed by atoms with Crippen LogP contribution in [0.4, 0.5) is 10.2 Å². The van der Waals surface area contributed by atoms with Gasteiger partial charge in [0.05, 0.1) is 10.2 Å². The fraction of sp³-hybridized carbons (Fsp3) is 0.231. The van der Waals surface area contributed by atoms with Crippen molar-refractivity contribution in [1.29, 1.82) is 0 Å². The maximum Gasteiger partial charge on any atom is 0.165 e. The number of rotatable bonds is 2. The van der Waals surface area contributed by atoms with Gasteiger partial charge >= 0.3 is 0 Å². The molecule has 0 unspecified atom stereocenters. The van der Waals surface area contributed by atoms with Crippen LogP contribution in [-0.4, -0.2) is 15.1 Å². The Morgan fingerprint density at radius 3 is 2.58 bits per heavy atom. The Bertz CT molecular complexity index is 632. The van der Waals surface area contributed by atoms with Crippen LogP contribution in [-0.2, 0) is 0 Å². The number of halogens is 2. The largest absolute Gasteiger partial charge is 0.505 e. The van der Waals surface area contributed by atoms with Crippen LogP contribution in [0.25, 0.3) is 11.4 Å². The molecule has 2 rings (SSSR count). The van der Waals surface area contributed by atoms with Crippen LogP contribution >= 0.6 is 15.9 Å². The lowest BCUT2D eigenvalue weighted by molar-refractivity contribution is 0.432. The minimum Gasteiger partial charge on any atom is -0.505 e. The molecule has 0 saturated carbocycles. The number of nitrogen functional groups attached to an aromatic ring is 1. The molecule has 1 aromatic heterocycles. The van der Waals surface area contributed by atoms with Crippen LogP contribution in [0.5, 0.6) is 5.75 Å². The van der Waals surface area contributed by atoms with Gasteiger partial charge in [0.2, 0.25) is 0 Å². The lowest BCUT2D eigenvalue weighted by Crippen LogP contribution is -2.04. The number of benzene rings is 1. The van der Waals surface area contributed by atoms with Crippen molar-refractivity contribution in [3.05, 3.63) is 34.2 Å². The van der Waals surface area contributed by atoms with Gasteiger partial charge in [-0.1, -0.05) is 13.8 Å². The summed E-state index contributed by atoms with van der Waals surface area (Å²) in [5, 5.41) is 9.18. The Hall–Kier alpha value is -1.69. The molecule has 6 heteroatoms. The highest BCUT2D eigenvalue weighted by molar-refractivity contribution is 9.10. The highest BCUT2D eigenvalue weighted by Gasteiger charge is 2.15. The van der Waals surface area contributed by atoms with E-state index in [4.69, 9.17) is 5.73 Å². The molecule has 0 saturated heterocycles. The zero-order chi connectivity index (χ0) is 14.2. The average Bonchev–Trinajstić information content (AvgIpc) is 2.35. The van der Waals surface area contributed by atoms with Crippen LogP contribution in [0.3, 0.4) is 0 Å². The molecule has 0 spiro atoms. The Morgan fingerprint density at radius 1 is 1.32 bits per heavy atom. The first-order valence-electron chi connectivity index (χ1n) is 5.72. The van der Waals surface area contributed by atoms with Crippen LogP contribution in [0.15, 0.2) is 22.7 Å². The van der Waals surface area contributed by atoms with Crippen molar-refractivity contribution in [2.45, 2.75) is 19.8 Å². The third kappa shape index (κ3) is 2.68. The number of aromatic hydroxyl groups is 1. The fourth-order valence-electron chi connectivity index (χ4n) is 1.64. The van der Waals surface area contributed by atoms with Gasteiger partial charge in [-0.05, 0) is 40.0 Å². The summed E-state index contributed by atoms with van der Waals surface area (Å²) in [5.74, 6) is -0.322. The fourth-order valence-corrected chi connectivity index (χ4v) is 2.28. The monoisotopic (exact) mass is 325 g/mol. The van der Waals surface area contributed by atoms with Crippen molar-refractivity contribution in [3.63, 3.8) is 0 Å². The van der Waals surface area contributed by atoms with Gasteiger partial charge in [-0.3, -0.25) is 0 Å². The molecule has 0 bridgehead atoms. The molecule has 0 atom stereocenters. The highest BCUT2D eigenvalue weighted by Crippen LogP contribution is 2.30. The third-order valence-electron chi connectivity index (χ3n) is 2.66. The first-order chi connectivity index (χ1) is 8.90. The van der Waals surface area contributed by atoms with E-state index in [1.165, 1.54) is 12.1 Å². The normalized spacial score (nSPS) is 11.0. The van der Waals surface area contributed by atoms with E-state index in [1.54, 1.807) is 6.07 Å². The van der Waals surface area contributed by atoms with E-state index in [-0.39, 0.29) is 5.92 Å². The third-order valence-corrected chi connectivity index (χ3v) is 3.47. The number of hydrogen-bond donors (Lipinski definition) is 2. The predicted octanol–water partition coefficient (Wildman–Crippen LogP) is 3.46. The summed E-state index contributed by atoms with van der Waals surface area (Å²) in [6.07, 6.45) is 0. The summed E-state index contributed by atoms with van der Waals surface area (Å²) in [7, 11) is 0. The smallest absolute Gasteiger partial charge is 0.165 e. The molecule has 0 radical (unpaired) electrons. The molecule has 1 aromatic carbocycles. The van der Waals surface area contributed by atoms with E-state index in [0.717, 1.165) is 5.69 Å². The number of aromatic nitrogens is 2. The van der Waals surface area contributed by atoms with Crippen LogP contribution in [0.2, 0.25) is 0 Å². The Kier molecular flexibility index (Phi) is 3.71. The standard InChI is InChI=1S/C13H13BrFN3O/c1-6(2)11-10(14)12(16)18-13(17-11)7-3-4-9(19)8(15)5-7/h3-6,19H,1-2H3,(H2,16,17,18). The SMILES string of the molecule is CC(C)c1nc(-c2ccc(O)c(F)c2)nc(N)c1Br. The zero-order valence-electron chi connectivity index (χ0n) is 10.5. The van der Waals surface area contributed by atoms with Gasteiger partial charge in [0.15, 0.2) is 17.4 Å². The second-order valence-electron chi connectivity index (χ2n) is 4.45. The second kappa shape index (κ2) is 5.13. The molecule has 4 nitrogen and oxygen atoms in total. The van der Waals surface area contributed by atoms with Crippen molar-refractivity contribution in [1.82, 2.24) is 9.97 Å². The van der Waals surface area contributed by atoms with E-state index in [1.807, 2.05) is 13.8 Å². The van der Waals surface area contributed by atoms with E-state index in [0.29, 0.717) is 21.7 Å². The number of nitrogens with zero attached hydrogens (tertiary/aromatic N) is 2. The molecule has 3 N–H and O–H groups in total. The first-order valence-corrected chi connectivity index (χ1v) is 6.51. The van der Waals surface area contributed by atoms with Gasteiger partial charge in [0, 0.05) is 5.56 Å². The molecule has 1 heterocycles. The maximum atomic E-state index is 13.4. The van der Waals surface area contributed by atoms with Gasteiger partial charge in [-0.15, -0.1) is 0 Å². The molecule has 2 aromatic rings. The summed E-state index contributed by atoms with van der Waals surface area (Å²) < 4.78 is 14.0. The van der Waals surface area contributed by atoms with E-state index in [2.05, 4.69) is 25.9 Å². The minimum absolute atomic E-state index is 0.153. The molecule has 0 amide bonds. The van der Waals surface area contributed by atoms with Crippen molar-refractivity contribution in [3.8, 4) is 17.1 Å². The van der Waals surface area contributed by atoms with Crippen molar-refractivity contribution < 1.29 is 9.50 Å². The van der Waals surface area contributed by atoms with Gasteiger partial charge in [-0.25, -0.2) is 14.4 Å². The molecule has 0 aliphatic rings. The van der Waals surface area contributed by atoms with Crippen molar-refractivity contribution >= 4 is 21.7 Å². The molecule has 0 fully saturated rings. The number of phenols is 1. The van der Waals surface area contributed by atoms with Gasteiger partial charge in [0.1, 0.15) is 5.82 Å². The highest BCUT2D eigenvalue weighted by atomic mass is 79.9. The number of phenolic OH excluding ortho intramolecular Hbond substituents is 1. The van der Waals surface area contributed by atoms with E-state index < -0.39 is 11.6 Å². The molecular weight excluding hydrogens is 313 g/mol. The van der Waals surface area contributed by atoms with Crippen molar-refractivity contribution in [2.24, 2.45) is 0 Å². The summed E-state index contributed by atoms with van der Waals surface area (Å²) in [6.45, 7) is 3.96. The summed E-state index contributed by atoms with van der Waals surface area (Å²) in [5.41, 5.74) is 7.05. The summed E-state index contributed by atoms with van der Waals surface area (Å²) >= 11 is 3.35. The van der Waals surface area contributed by atoms with Crippen molar-refractivity contribution in [2.75, 3.05) is 5.73 Å². The Balaban J connectivity index is 2.59. The topological polar surface area (TPSA) is 72.0 Å². The van der Waals surface area contributed by atoms with Crippen LogP contribution in [0, 0.1) is 5.82 Å². The average molecular weight is 326 g/mol. The first kappa shape index (κ1) is 13.7. The van der Waals surface area contributed by atoms with Gasteiger partial charge < -0.3 is 10.8 Å². The number of nitrogens with two attached hydrogens (primary N) is 1. The van der Waals surface area contributed by atoms with Gasteiger partial charge in [0.25, 0.3) is 0 Å². The summed E-state index contributed by atoms with van der Waals surface area (Å²) in [6, 6.07) is 3.99. The lowest BCUT2D eigenvalue weighted by Gasteiger charge is -2.11. The van der Waals surface area contributed by atoms with Crippen LogP contribution < -0.4 is 5.73 Å². The molecule has 0 aliphatic heterocycles. The maximum absolute atomic E-state index is 13.4. The van der Waals surface area contributed by atoms with Crippen LogP contribution in [0.1, 0.15) is 25.5 Å². The number of hydrogen-bond acceptors (Lipinski definition) is 4. The Labute approximate surface area is 118 Å². The Morgan fingerprint density at radius 2 is 2.00 bits per heavy atom. The summed E-state index contributed by atoms with van der Waals surface area (Å²) in [4.78, 5) is 8.52. The zero-order valence-corrected chi connectivity index (χ0v) is 12.1. The molecule has 0 aliphatic carbocycles. The molecule has 19 heavy (non-hydrogen) atoms.